The largest absolute Gasteiger partial charge is 0.361 e. The molecule has 0 aliphatic carbocycles. The van der Waals surface area contributed by atoms with Crippen LogP contribution in [0.2, 0.25) is 0 Å². The monoisotopic (exact) mass is 204 g/mol. The van der Waals surface area contributed by atoms with Gasteiger partial charge in [0.1, 0.15) is 0 Å². The topological polar surface area (TPSA) is 37.0 Å². The molecule has 1 aromatic heterocycles. The standard InChI is InChI=1S/C12H16N2O/c1-2-15-14-8-7-10-9-13-12-6-4-3-5-11(10)12/h3-6,9,13-14H,2,7-8H2,1H3. The molecule has 0 unspecified atom stereocenters. The van der Waals surface area contributed by atoms with E-state index < -0.39 is 0 Å². The Balaban J connectivity index is 2.02. The summed E-state index contributed by atoms with van der Waals surface area (Å²) in [5.41, 5.74) is 5.45. The zero-order valence-corrected chi connectivity index (χ0v) is 8.92. The summed E-state index contributed by atoms with van der Waals surface area (Å²) in [6.45, 7) is 3.52. The van der Waals surface area contributed by atoms with Crippen molar-refractivity contribution in [3.05, 3.63) is 36.0 Å². The van der Waals surface area contributed by atoms with Crippen LogP contribution in [0.25, 0.3) is 10.9 Å². The maximum Gasteiger partial charge on any atom is 0.0653 e. The average Bonchev–Trinajstić information content (AvgIpc) is 2.68. The van der Waals surface area contributed by atoms with E-state index in [1.54, 1.807) is 0 Å². The lowest BCUT2D eigenvalue weighted by Gasteiger charge is -2.02. The first kappa shape index (κ1) is 10.2. The van der Waals surface area contributed by atoms with E-state index in [0.29, 0.717) is 6.61 Å². The van der Waals surface area contributed by atoms with Crippen LogP contribution >= 0.6 is 0 Å². The van der Waals surface area contributed by atoms with Gasteiger partial charge in [0.15, 0.2) is 0 Å². The van der Waals surface area contributed by atoms with E-state index in [4.69, 9.17) is 4.84 Å². The molecule has 2 rings (SSSR count). The highest BCUT2D eigenvalue weighted by molar-refractivity contribution is 5.82. The molecule has 0 saturated carbocycles. The molecule has 3 nitrogen and oxygen atoms in total. The number of fused-ring (bicyclic) bond motifs is 1. The van der Waals surface area contributed by atoms with E-state index in [1.165, 1.54) is 16.5 Å². The molecule has 80 valence electrons. The van der Waals surface area contributed by atoms with E-state index in [0.717, 1.165) is 13.0 Å². The van der Waals surface area contributed by atoms with Gasteiger partial charge in [-0.1, -0.05) is 18.2 Å². The van der Waals surface area contributed by atoms with Gasteiger partial charge in [0.25, 0.3) is 0 Å². The van der Waals surface area contributed by atoms with Gasteiger partial charge in [-0.2, -0.15) is 0 Å². The van der Waals surface area contributed by atoms with Crippen molar-refractivity contribution in [2.45, 2.75) is 13.3 Å². The fourth-order valence-electron chi connectivity index (χ4n) is 1.70. The Bertz CT molecular complexity index is 422. The fourth-order valence-corrected chi connectivity index (χ4v) is 1.70. The van der Waals surface area contributed by atoms with Crippen LogP contribution in [0.4, 0.5) is 0 Å². The number of nitrogens with one attached hydrogen (secondary N) is 2. The van der Waals surface area contributed by atoms with E-state index in [9.17, 15) is 0 Å². The molecule has 0 fully saturated rings. The molecule has 0 radical (unpaired) electrons. The molecule has 0 aliphatic heterocycles. The maximum atomic E-state index is 5.08. The SMILES string of the molecule is CCONCCc1c[nH]c2ccccc12. The third-order valence-corrected chi connectivity index (χ3v) is 2.42. The third-order valence-electron chi connectivity index (χ3n) is 2.42. The van der Waals surface area contributed by atoms with Gasteiger partial charge in [0.2, 0.25) is 0 Å². The minimum atomic E-state index is 0.702. The molecule has 15 heavy (non-hydrogen) atoms. The Morgan fingerprint density at radius 1 is 1.33 bits per heavy atom. The van der Waals surface area contributed by atoms with Crippen molar-refractivity contribution in [3.63, 3.8) is 0 Å². The first-order valence-electron chi connectivity index (χ1n) is 5.31. The first-order chi connectivity index (χ1) is 7.42. The van der Waals surface area contributed by atoms with Crippen LogP contribution < -0.4 is 5.48 Å². The molecule has 0 aliphatic rings. The van der Waals surface area contributed by atoms with Gasteiger partial charge in [0.05, 0.1) is 6.61 Å². The maximum absolute atomic E-state index is 5.08. The smallest absolute Gasteiger partial charge is 0.0653 e. The number of aromatic amines is 1. The highest BCUT2D eigenvalue weighted by Gasteiger charge is 2.01. The lowest BCUT2D eigenvalue weighted by Crippen LogP contribution is -2.17. The van der Waals surface area contributed by atoms with Gasteiger partial charge in [0, 0.05) is 23.6 Å². The van der Waals surface area contributed by atoms with Gasteiger partial charge in [-0.15, -0.1) is 0 Å². The van der Waals surface area contributed by atoms with Crippen molar-refractivity contribution >= 4 is 10.9 Å². The summed E-state index contributed by atoms with van der Waals surface area (Å²) in [5.74, 6) is 0. The molecular formula is C12H16N2O. The quantitative estimate of drug-likeness (QED) is 0.579. The Kier molecular flexibility index (Phi) is 3.37. The van der Waals surface area contributed by atoms with Crippen molar-refractivity contribution in [1.82, 2.24) is 10.5 Å². The number of hydrogen-bond donors (Lipinski definition) is 2. The van der Waals surface area contributed by atoms with E-state index in [2.05, 4.69) is 34.9 Å². The van der Waals surface area contributed by atoms with E-state index in [-0.39, 0.29) is 0 Å². The van der Waals surface area contributed by atoms with Gasteiger partial charge in [-0.3, -0.25) is 0 Å². The minimum absolute atomic E-state index is 0.702. The van der Waals surface area contributed by atoms with Crippen LogP contribution in [-0.4, -0.2) is 18.1 Å². The second kappa shape index (κ2) is 4.96. The lowest BCUT2D eigenvalue weighted by atomic mass is 10.1. The third kappa shape index (κ3) is 2.37. The van der Waals surface area contributed by atoms with Gasteiger partial charge >= 0.3 is 0 Å². The van der Waals surface area contributed by atoms with E-state index >= 15 is 0 Å². The normalized spacial score (nSPS) is 11.0. The summed E-state index contributed by atoms with van der Waals surface area (Å²) in [7, 11) is 0. The van der Waals surface area contributed by atoms with Crippen LogP contribution in [0, 0.1) is 0 Å². The molecule has 1 heterocycles. The molecule has 3 heteroatoms. The summed E-state index contributed by atoms with van der Waals surface area (Å²) in [5, 5.41) is 1.30. The zero-order valence-electron chi connectivity index (χ0n) is 8.92. The molecule has 1 aromatic carbocycles. The zero-order chi connectivity index (χ0) is 10.5. The van der Waals surface area contributed by atoms with Crippen LogP contribution in [0.3, 0.4) is 0 Å². The first-order valence-corrected chi connectivity index (χ1v) is 5.31. The van der Waals surface area contributed by atoms with Crippen LogP contribution in [0.5, 0.6) is 0 Å². The van der Waals surface area contributed by atoms with Crippen molar-refractivity contribution in [3.8, 4) is 0 Å². The number of hydroxylamine groups is 1. The van der Waals surface area contributed by atoms with Crippen molar-refractivity contribution in [2.75, 3.05) is 13.2 Å². The molecular weight excluding hydrogens is 188 g/mol. The van der Waals surface area contributed by atoms with Gasteiger partial charge in [-0.25, -0.2) is 5.48 Å². The molecule has 0 saturated heterocycles. The molecule has 0 atom stereocenters. The van der Waals surface area contributed by atoms with Crippen LogP contribution in [0.15, 0.2) is 30.5 Å². The predicted molar refractivity (Wildman–Crippen MR) is 61.6 cm³/mol. The predicted octanol–water partition coefficient (Wildman–Crippen LogP) is 2.25. The van der Waals surface area contributed by atoms with Crippen LogP contribution in [0.1, 0.15) is 12.5 Å². The molecule has 0 bridgehead atoms. The second-order valence-corrected chi connectivity index (χ2v) is 3.44. The summed E-state index contributed by atoms with van der Waals surface area (Å²) in [6, 6.07) is 8.34. The van der Waals surface area contributed by atoms with Crippen molar-refractivity contribution < 1.29 is 4.84 Å². The summed E-state index contributed by atoms with van der Waals surface area (Å²) in [4.78, 5) is 8.34. The fraction of sp³-hybridized carbons (Fsp3) is 0.333. The number of H-pyrrole nitrogens is 1. The Morgan fingerprint density at radius 2 is 2.20 bits per heavy atom. The van der Waals surface area contributed by atoms with Crippen molar-refractivity contribution in [2.24, 2.45) is 0 Å². The molecule has 2 N–H and O–H groups in total. The highest BCUT2D eigenvalue weighted by Crippen LogP contribution is 2.17. The highest BCUT2D eigenvalue weighted by atomic mass is 16.6. The number of para-hydroxylation sites is 1. The number of benzene rings is 1. The Morgan fingerprint density at radius 3 is 3.07 bits per heavy atom. The Labute approximate surface area is 89.4 Å². The summed E-state index contributed by atoms with van der Waals surface area (Å²) in [6.07, 6.45) is 3.04. The summed E-state index contributed by atoms with van der Waals surface area (Å²) < 4.78 is 0. The number of rotatable bonds is 5. The molecule has 2 aromatic rings. The number of hydrogen-bond acceptors (Lipinski definition) is 2. The molecule has 0 amide bonds. The molecule has 0 spiro atoms. The van der Waals surface area contributed by atoms with Crippen LogP contribution in [-0.2, 0) is 11.3 Å². The lowest BCUT2D eigenvalue weighted by molar-refractivity contribution is 0.0519. The van der Waals surface area contributed by atoms with Gasteiger partial charge in [-0.05, 0) is 25.0 Å². The minimum Gasteiger partial charge on any atom is -0.361 e. The Hall–Kier alpha value is -1.32. The van der Waals surface area contributed by atoms with Gasteiger partial charge < -0.3 is 9.82 Å². The van der Waals surface area contributed by atoms with Crippen molar-refractivity contribution in [1.29, 1.82) is 0 Å². The van der Waals surface area contributed by atoms with E-state index in [1.807, 2.05) is 13.0 Å². The summed E-state index contributed by atoms with van der Waals surface area (Å²) >= 11 is 0. The average molecular weight is 204 g/mol. The second-order valence-electron chi connectivity index (χ2n) is 3.44. The number of aromatic nitrogens is 1.